The van der Waals surface area contributed by atoms with Gasteiger partial charge >= 0.3 is 5.97 Å². The zero-order valence-corrected chi connectivity index (χ0v) is 12.1. The van der Waals surface area contributed by atoms with Crippen LogP contribution in [0, 0.1) is 11.3 Å². The highest BCUT2D eigenvalue weighted by molar-refractivity contribution is 9.10. The molecule has 6 nitrogen and oxygen atoms in total. The minimum absolute atomic E-state index is 0.214. The lowest BCUT2D eigenvalue weighted by Gasteiger charge is -2.09. The number of para-hydroxylation sites is 1. The predicted molar refractivity (Wildman–Crippen MR) is 76.7 cm³/mol. The van der Waals surface area contributed by atoms with Crippen molar-refractivity contribution in [2.24, 2.45) is 0 Å². The van der Waals surface area contributed by atoms with Gasteiger partial charge in [-0.3, -0.25) is 9.59 Å². The molecule has 0 aliphatic heterocycles. The number of hydrogen-bond donors (Lipinski definition) is 3. The fraction of sp³-hybridized carbons (Fsp3) is 0.154. The number of carboxylic acids is 1. The Morgan fingerprint density at radius 3 is 2.65 bits per heavy atom. The molecule has 1 rings (SSSR count). The molecule has 1 amide bonds. The van der Waals surface area contributed by atoms with Crippen molar-refractivity contribution in [2.75, 3.05) is 5.32 Å². The Morgan fingerprint density at radius 2 is 2.10 bits per heavy atom. The van der Waals surface area contributed by atoms with Gasteiger partial charge in [0, 0.05) is 10.7 Å². The van der Waals surface area contributed by atoms with Crippen molar-refractivity contribution in [1.82, 2.24) is 5.32 Å². The Balaban J connectivity index is 2.79. The number of aliphatic carboxylic acids is 1. The fourth-order valence-corrected chi connectivity index (χ4v) is 1.61. The Bertz CT molecular complexity index is 593. The molecular formula is C13H12BrN3O3. The average molecular weight is 338 g/mol. The standard InChI is InChI=1S/C13H12BrN3O3/c1-8(13(19)20)17-12(18)9(6-15)7-16-11-5-3-2-4-10(11)14/h2-5,7-8,16H,1H3,(H,17,18)(H,19,20)/b9-7-. The highest BCUT2D eigenvalue weighted by Crippen LogP contribution is 2.21. The van der Waals surface area contributed by atoms with Crippen molar-refractivity contribution in [3.8, 4) is 6.07 Å². The van der Waals surface area contributed by atoms with Crippen molar-refractivity contribution in [1.29, 1.82) is 5.26 Å². The smallest absolute Gasteiger partial charge is 0.325 e. The van der Waals surface area contributed by atoms with Gasteiger partial charge in [0.05, 0.1) is 5.69 Å². The minimum atomic E-state index is -1.17. The second-order valence-electron chi connectivity index (χ2n) is 3.83. The van der Waals surface area contributed by atoms with E-state index in [0.717, 1.165) is 4.47 Å². The Labute approximate surface area is 124 Å². The largest absolute Gasteiger partial charge is 0.480 e. The van der Waals surface area contributed by atoms with Gasteiger partial charge in [-0.1, -0.05) is 12.1 Å². The molecule has 1 unspecified atom stereocenters. The van der Waals surface area contributed by atoms with Crippen LogP contribution in [0.25, 0.3) is 0 Å². The number of halogens is 1. The first-order valence-electron chi connectivity index (χ1n) is 5.60. The second kappa shape index (κ2) is 7.31. The highest BCUT2D eigenvalue weighted by Gasteiger charge is 2.16. The van der Waals surface area contributed by atoms with Crippen LogP contribution < -0.4 is 10.6 Å². The molecule has 0 spiro atoms. The lowest BCUT2D eigenvalue weighted by Crippen LogP contribution is -2.39. The molecule has 0 saturated heterocycles. The van der Waals surface area contributed by atoms with E-state index in [1.54, 1.807) is 24.3 Å². The van der Waals surface area contributed by atoms with Crippen molar-refractivity contribution < 1.29 is 14.7 Å². The van der Waals surface area contributed by atoms with Crippen LogP contribution in [0.1, 0.15) is 6.92 Å². The van der Waals surface area contributed by atoms with Gasteiger partial charge in [0.1, 0.15) is 17.7 Å². The second-order valence-corrected chi connectivity index (χ2v) is 4.68. The topological polar surface area (TPSA) is 102 Å². The van der Waals surface area contributed by atoms with Crippen LogP contribution in [-0.2, 0) is 9.59 Å². The number of nitrogens with one attached hydrogen (secondary N) is 2. The van der Waals surface area contributed by atoms with Gasteiger partial charge in [-0.2, -0.15) is 5.26 Å². The normalized spacial score (nSPS) is 12.2. The Kier molecular flexibility index (Phi) is 5.74. The Hall–Kier alpha value is -2.33. The maximum atomic E-state index is 11.7. The number of anilines is 1. The number of carbonyl (C=O) groups is 2. The zero-order valence-electron chi connectivity index (χ0n) is 10.6. The third kappa shape index (κ3) is 4.40. The molecule has 1 aromatic rings. The van der Waals surface area contributed by atoms with E-state index in [0.29, 0.717) is 5.69 Å². The zero-order chi connectivity index (χ0) is 15.1. The summed E-state index contributed by atoms with van der Waals surface area (Å²) in [4.78, 5) is 22.3. The third-order valence-corrected chi connectivity index (χ3v) is 3.02. The van der Waals surface area contributed by atoms with Gasteiger partial charge in [-0.15, -0.1) is 0 Å². The number of benzene rings is 1. The van der Waals surface area contributed by atoms with E-state index in [4.69, 9.17) is 10.4 Å². The lowest BCUT2D eigenvalue weighted by atomic mass is 10.2. The number of rotatable bonds is 5. The summed E-state index contributed by atoms with van der Waals surface area (Å²) in [6.45, 7) is 1.32. The Morgan fingerprint density at radius 1 is 1.45 bits per heavy atom. The van der Waals surface area contributed by atoms with Crippen LogP contribution in [-0.4, -0.2) is 23.0 Å². The van der Waals surface area contributed by atoms with Crippen molar-refractivity contribution in [3.63, 3.8) is 0 Å². The summed E-state index contributed by atoms with van der Waals surface area (Å²) in [5, 5.41) is 22.6. The monoisotopic (exact) mass is 337 g/mol. The molecule has 104 valence electrons. The fourth-order valence-electron chi connectivity index (χ4n) is 1.21. The highest BCUT2D eigenvalue weighted by atomic mass is 79.9. The molecule has 3 N–H and O–H groups in total. The molecule has 0 saturated carbocycles. The van der Waals surface area contributed by atoms with E-state index in [-0.39, 0.29) is 5.57 Å². The number of hydrogen-bond acceptors (Lipinski definition) is 4. The van der Waals surface area contributed by atoms with Crippen LogP contribution in [0.3, 0.4) is 0 Å². The molecule has 0 bridgehead atoms. The van der Waals surface area contributed by atoms with Crippen molar-refractivity contribution in [3.05, 3.63) is 40.5 Å². The van der Waals surface area contributed by atoms with Crippen molar-refractivity contribution in [2.45, 2.75) is 13.0 Å². The summed E-state index contributed by atoms with van der Waals surface area (Å²) in [6, 6.07) is 7.82. The quantitative estimate of drug-likeness (QED) is 0.562. The average Bonchev–Trinajstić information content (AvgIpc) is 2.41. The third-order valence-electron chi connectivity index (χ3n) is 2.33. The summed E-state index contributed by atoms with van der Waals surface area (Å²) in [7, 11) is 0. The van der Waals surface area contributed by atoms with Crippen LogP contribution in [0.2, 0.25) is 0 Å². The van der Waals surface area contributed by atoms with E-state index < -0.39 is 17.9 Å². The molecule has 0 fully saturated rings. The van der Waals surface area contributed by atoms with Gasteiger partial charge in [0.15, 0.2) is 0 Å². The first kappa shape index (κ1) is 15.7. The first-order valence-corrected chi connectivity index (χ1v) is 6.40. The molecule has 1 aromatic carbocycles. The van der Waals surface area contributed by atoms with Crippen LogP contribution in [0.15, 0.2) is 40.5 Å². The van der Waals surface area contributed by atoms with E-state index in [2.05, 4.69) is 26.6 Å². The van der Waals surface area contributed by atoms with Crippen LogP contribution in [0.5, 0.6) is 0 Å². The summed E-state index contributed by atoms with van der Waals surface area (Å²) >= 11 is 3.31. The minimum Gasteiger partial charge on any atom is -0.480 e. The molecular weight excluding hydrogens is 326 g/mol. The lowest BCUT2D eigenvalue weighted by molar-refractivity contribution is -0.140. The molecule has 0 aliphatic rings. The van der Waals surface area contributed by atoms with Gasteiger partial charge in [0.2, 0.25) is 0 Å². The van der Waals surface area contributed by atoms with E-state index in [1.807, 2.05) is 6.07 Å². The molecule has 1 atom stereocenters. The van der Waals surface area contributed by atoms with Gasteiger partial charge in [-0.05, 0) is 35.0 Å². The van der Waals surface area contributed by atoms with Crippen LogP contribution in [0.4, 0.5) is 5.69 Å². The molecule has 0 aromatic heterocycles. The van der Waals surface area contributed by atoms with Gasteiger partial charge in [0.25, 0.3) is 5.91 Å². The maximum Gasteiger partial charge on any atom is 0.325 e. The summed E-state index contributed by atoms with van der Waals surface area (Å²) in [6.07, 6.45) is 1.23. The first-order chi connectivity index (χ1) is 9.45. The molecule has 0 heterocycles. The molecule has 20 heavy (non-hydrogen) atoms. The van der Waals surface area contributed by atoms with E-state index in [1.165, 1.54) is 13.1 Å². The summed E-state index contributed by atoms with van der Waals surface area (Å²) in [5.41, 5.74) is 0.466. The number of nitrogens with zero attached hydrogens (tertiary/aromatic N) is 1. The van der Waals surface area contributed by atoms with Crippen molar-refractivity contribution >= 4 is 33.5 Å². The SMILES string of the molecule is CC(NC(=O)/C(C#N)=C\Nc1ccccc1Br)C(=O)O. The summed E-state index contributed by atoms with van der Waals surface area (Å²) in [5.74, 6) is -1.92. The summed E-state index contributed by atoms with van der Waals surface area (Å²) < 4.78 is 0.771. The number of carboxylic acid groups (broad SMARTS) is 1. The number of amides is 1. The van der Waals surface area contributed by atoms with Gasteiger partial charge < -0.3 is 15.7 Å². The number of nitriles is 1. The number of carbonyl (C=O) groups excluding carboxylic acids is 1. The predicted octanol–water partition coefficient (Wildman–Crippen LogP) is 1.86. The molecule has 0 aliphatic carbocycles. The maximum absolute atomic E-state index is 11.7. The van der Waals surface area contributed by atoms with E-state index in [9.17, 15) is 9.59 Å². The van der Waals surface area contributed by atoms with Crippen LogP contribution >= 0.6 is 15.9 Å². The van der Waals surface area contributed by atoms with Gasteiger partial charge in [-0.25, -0.2) is 0 Å². The van der Waals surface area contributed by atoms with E-state index >= 15 is 0 Å². The molecule has 0 radical (unpaired) electrons. The molecule has 7 heteroatoms.